The molecular weight excluding hydrogens is 328 g/mol. The van der Waals surface area contributed by atoms with Crippen molar-refractivity contribution >= 4 is 31.1 Å². The third-order valence-electron chi connectivity index (χ3n) is 4.46. The zero-order chi connectivity index (χ0) is 17.6. The van der Waals surface area contributed by atoms with Crippen molar-refractivity contribution in [2.24, 2.45) is 0 Å². The van der Waals surface area contributed by atoms with Crippen molar-refractivity contribution in [3.63, 3.8) is 0 Å². The summed E-state index contributed by atoms with van der Waals surface area (Å²) in [5.41, 5.74) is 0. The van der Waals surface area contributed by atoms with Crippen molar-refractivity contribution in [1.82, 2.24) is 9.47 Å². The highest BCUT2D eigenvalue weighted by molar-refractivity contribution is 6.82. The Bertz CT molecular complexity index is 704. The summed E-state index contributed by atoms with van der Waals surface area (Å²) in [6, 6.07) is 21.2. The predicted octanol–water partition coefficient (Wildman–Crippen LogP) is 0.772. The Morgan fingerprint density at radius 1 is 0.840 bits per heavy atom. The Morgan fingerprint density at radius 3 is 1.80 bits per heavy atom. The number of carbonyl (C=O) groups is 2. The maximum atomic E-state index is 11.7. The Labute approximate surface area is 150 Å². The fourth-order valence-corrected chi connectivity index (χ4v) is 6.25. The first-order valence-corrected chi connectivity index (χ1v) is 10.2. The number of rotatable bonds is 7. The summed E-state index contributed by atoms with van der Waals surface area (Å²) in [7, 11) is 0.630. The van der Waals surface area contributed by atoms with Crippen molar-refractivity contribution < 1.29 is 9.59 Å². The number of benzene rings is 2. The van der Waals surface area contributed by atoms with Gasteiger partial charge in [0, 0.05) is 18.7 Å². The molecule has 0 saturated carbocycles. The van der Waals surface area contributed by atoms with Crippen LogP contribution >= 0.6 is 0 Å². The zero-order valence-corrected chi connectivity index (χ0v) is 15.5. The van der Waals surface area contributed by atoms with E-state index in [1.165, 1.54) is 27.4 Å². The molecule has 0 radical (unpaired) electrons. The van der Waals surface area contributed by atoms with Crippen molar-refractivity contribution in [3.05, 3.63) is 72.8 Å². The van der Waals surface area contributed by atoms with Gasteiger partial charge in [-0.1, -0.05) is 60.7 Å². The molecule has 3 rings (SSSR count). The molecule has 1 aliphatic rings. The molecule has 0 bridgehead atoms. The van der Waals surface area contributed by atoms with Gasteiger partial charge in [0.25, 0.3) is 11.8 Å². The van der Waals surface area contributed by atoms with Crippen molar-refractivity contribution in [2.75, 3.05) is 20.1 Å². The molecule has 0 atom stereocenters. The monoisotopic (exact) mass is 350 g/mol. The maximum absolute atomic E-state index is 11.7. The lowest BCUT2D eigenvalue weighted by atomic mass is 10.4. The predicted molar refractivity (Wildman–Crippen MR) is 102 cm³/mol. The van der Waals surface area contributed by atoms with E-state index in [4.69, 9.17) is 0 Å². The molecule has 128 valence electrons. The number of imide groups is 1. The second kappa shape index (κ2) is 8.05. The SMILES string of the molecule is CN(CCCN1C(=O)C=CC1=O)[SiH](c1ccccc1)c1ccccc1. The molecule has 0 N–H and O–H groups in total. The van der Waals surface area contributed by atoms with E-state index in [1.807, 2.05) is 12.1 Å². The van der Waals surface area contributed by atoms with Gasteiger partial charge in [0.05, 0.1) is 0 Å². The van der Waals surface area contributed by atoms with Crippen LogP contribution in [0.1, 0.15) is 6.42 Å². The van der Waals surface area contributed by atoms with E-state index < -0.39 is 8.96 Å². The highest BCUT2D eigenvalue weighted by Gasteiger charge is 2.24. The number of amides is 2. The Balaban J connectivity index is 1.69. The van der Waals surface area contributed by atoms with Gasteiger partial charge in [-0.15, -0.1) is 0 Å². The molecule has 2 amide bonds. The van der Waals surface area contributed by atoms with Gasteiger partial charge < -0.3 is 4.57 Å². The van der Waals surface area contributed by atoms with Gasteiger partial charge in [0.2, 0.25) is 0 Å². The first kappa shape index (κ1) is 17.3. The summed E-state index contributed by atoms with van der Waals surface area (Å²) < 4.78 is 2.41. The molecule has 0 spiro atoms. The third-order valence-corrected chi connectivity index (χ3v) is 7.64. The summed E-state index contributed by atoms with van der Waals surface area (Å²) in [5.74, 6) is -0.403. The summed E-state index contributed by atoms with van der Waals surface area (Å²) in [5, 5.41) is 2.73. The molecule has 5 heteroatoms. The third kappa shape index (κ3) is 4.13. The molecular formula is C20H22N2O2Si. The van der Waals surface area contributed by atoms with Gasteiger partial charge in [-0.2, -0.15) is 0 Å². The Hall–Kier alpha value is -2.50. The van der Waals surface area contributed by atoms with Crippen LogP contribution in [0.2, 0.25) is 0 Å². The topological polar surface area (TPSA) is 40.6 Å². The quantitative estimate of drug-likeness (QED) is 0.547. The zero-order valence-electron chi connectivity index (χ0n) is 14.3. The van der Waals surface area contributed by atoms with E-state index >= 15 is 0 Å². The normalized spacial score (nSPS) is 14.1. The second-order valence-corrected chi connectivity index (χ2v) is 9.24. The minimum atomic E-state index is -1.51. The van der Waals surface area contributed by atoms with Crippen LogP contribution in [-0.2, 0) is 9.59 Å². The molecule has 4 nitrogen and oxygen atoms in total. The highest BCUT2D eigenvalue weighted by atomic mass is 28.3. The van der Waals surface area contributed by atoms with Crippen molar-refractivity contribution in [1.29, 1.82) is 0 Å². The van der Waals surface area contributed by atoms with Gasteiger partial charge in [-0.3, -0.25) is 14.5 Å². The minimum absolute atomic E-state index is 0.201. The first-order valence-electron chi connectivity index (χ1n) is 8.50. The molecule has 25 heavy (non-hydrogen) atoms. The number of hydrogen-bond donors (Lipinski definition) is 0. The lowest BCUT2D eigenvalue weighted by Crippen LogP contribution is -2.55. The fraction of sp³-hybridized carbons (Fsp3) is 0.200. The van der Waals surface area contributed by atoms with Gasteiger partial charge in [-0.05, 0) is 30.4 Å². The van der Waals surface area contributed by atoms with Crippen LogP contribution in [0.5, 0.6) is 0 Å². The van der Waals surface area contributed by atoms with Crippen LogP contribution in [0.3, 0.4) is 0 Å². The second-order valence-electron chi connectivity index (χ2n) is 6.22. The molecule has 1 aliphatic heterocycles. The molecule has 2 aromatic carbocycles. The molecule has 0 saturated heterocycles. The average Bonchev–Trinajstić information content (AvgIpc) is 2.96. The lowest BCUT2D eigenvalue weighted by molar-refractivity contribution is -0.136. The van der Waals surface area contributed by atoms with Gasteiger partial charge in [0.15, 0.2) is 8.96 Å². The van der Waals surface area contributed by atoms with Crippen LogP contribution in [-0.4, -0.2) is 50.4 Å². The molecule has 0 aliphatic carbocycles. The molecule has 0 fully saturated rings. The average molecular weight is 350 g/mol. The van der Waals surface area contributed by atoms with E-state index in [2.05, 4.69) is 60.1 Å². The van der Waals surface area contributed by atoms with Gasteiger partial charge >= 0.3 is 0 Å². The highest BCUT2D eigenvalue weighted by Crippen LogP contribution is 2.05. The van der Waals surface area contributed by atoms with E-state index in [0.29, 0.717) is 6.54 Å². The molecule has 0 aromatic heterocycles. The van der Waals surface area contributed by atoms with Crippen molar-refractivity contribution in [2.45, 2.75) is 6.42 Å². The molecule has 0 unspecified atom stereocenters. The summed E-state index contributed by atoms with van der Waals surface area (Å²) in [6.07, 6.45) is 3.47. The Morgan fingerprint density at radius 2 is 1.32 bits per heavy atom. The van der Waals surface area contributed by atoms with Crippen LogP contribution < -0.4 is 10.4 Å². The first-order chi connectivity index (χ1) is 12.2. The van der Waals surface area contributed by atoms with E-state index in [0.717, 1.165) is 13.0 Å². The molecule has 2 aromatic rings. The Kier molecular flexibility index (Phi) is 5.58. The van der Waals surface area contributed by atoms with Crippen LogP contribution in [0.4, 0.5) is 0 Å². The van der Waals surface area contributed by atoms with Crippen LogP contribution in [0.25, 0.3) is 0 Å². The fourth-order valence-electron chi connectivity index (χ4n) is 3.23. The smallest absolute Gasteiger partial charge is 0.253 e. The summed E-state index contributed by atoms with van der Waals surface area (Å²) in [6.45, 7) is 1.32. The van der Waals surface area contributed by atoms with Crippen molar-refractivity contribution in [3.8, 4) is 0 Å². The number of nitrogens with zero attached hydrogens (tertiary/aromatic N) is 2. The van der Waals surface area contributed by atoms with Crippen LogP contribution in [0.15, 0.2) is 72.8 Å². The van der Waals surface area contributed by atoms with Gasteiger partial charge in [0.1, 0.15) is 0 Å². The standard InChI is InChI=1S/C20H22N2O2Si/c1-21(15-8-16-22-19(23)13-14-20(22)24)25(17-9-4-2-5-10-17)18-11-6-3-7-12-18/h2-7,9-14,25H,8,15-16H2,1H3. The summed E-state index contributed by atoms with van der Waals surface area (Å²) in [4.78, 5) is 24.6. The number of carbonyl (C=O) groups excluding carboxylic acids is 2. The van der Waals surface area contributed by atoms with Gasteiger partial charge in [-0.25, -0.2) is 0 Å². The minimum Gasteiger partial charge on any atom is -0.322 e. The maximum Gasteiger partial charge on any atom is 0.253 e. The lowest BCUT2D eigenvalue weighted by Gasteiger charge is -2.28. The largest absolute Gasteiger partial charge is 0.322 e. The summed E-state index contributed by atoms with van der Waals surface area (Å²) >= 11 is 0. The number of hydrogen-bond acceptors (Lipinski definition) is 3. The molecule has 1 heterocycles. The van der Waals surface area contributed by atoms with E-state index in [1.54, 1.807) is 0 Å². The van der Waals surface area contributed by atoms with E-state index in [-0.39, 0.29) is 11.8 Å². The van der Waals surface area contributed by atoms with Crippen LogP contribution in [0, 0.1) is 0 Å². The van der Waals surface area contributed by atoms with E-state index in [9.17, 15) is 9.59 Å².